The summed E-state index contributed by atoms with van der Waals surface area (Å²) in [5, 5.41) is 0. The van der Waals surface area contributed by atoms with Crippen LogP contribution in [0.5, 0.6) is 0 Å². The summed E-state index contributed by atoms with van der Waals surface area (Å²) in [5.74, 6) is 0.0174. The highest BCUT2D eigenvalue weighted by atomic mass is 16.7. The Morgan fingerprint density at radius 2 is 2.56 bits per heavy atom. The average molecular weight is 126 g/mol. The van der Waals surface area contributed by atoms with Crippen molar-refractivity contribution < 1.29 is 14.3 Å². The van der Waals surface area contributed by atoms with Crippen molar-refractivity contribution in [2.75, 3.05) is 6.61 Å². The zero-order valence-electron chi connectivity index (χ0n) is 4.74. The Labute approximate surface area is 52.3 Å². The molecule has 2 aliphatic rings. The van der Waals surface area contributed by atoms with E-state index in [0.29, 0.717) is 6.61 Å². The van der Waals surface area contributed by atoms with E-state index in [2.05, 4.69) is 0 Å². The van der Waals surface area contributed by atoms with Crippen molar-refractivity contribution in [2.24, 2.45) is 0 Å². The molecule has 0 amide bonds. The Balaban J connectivity index is 2.29. The molecule has 2 aliphatic heterocycles. The summed E-state index contributed by atoms with van der Waals surface area (Å²) in [6.07, 6.45) is 2.57. The number of hydrogen-bond donors (Lipinski definition) is 0. The molecular formula is C6H6O3. The highest BCUT2D eigenvalue weighted by molar-refractivity contribution is 5.94. The lowest BCUT2D eigenvalue weighted by atomic mass is 10.2. The minimum Gasteiger partial charge on any atom is -0.346 e. The second-order valence-corrected chi connectivity index (χ2v) is 2.09. The molecule has 2 rings (SSSR count). The average Bonchev–Trinajstić information content (AvgIpc) is 2.25. The van der Waals surface area contributed by atoms with Crippen molar-refractivity contribution in [1.29, 1.82) is 0 Å². The summed E-state index contributed by atoms with van der Waals surface area (Å²) < 4.78 is 10.1. The predicted octanol–water partition coefficient (Wildman–Crippen LogP) is -0.133. The zero-order chi connectivity index (χ0) is 6.27. The Hall–Kier alpha value is -0.670. The van der Waals surface area contributed by atoms with Crippen LogP contribution in [0.1, 0.15) is 0 Å². The minimum atomic E-state index is -0.319. The van der Waals surface area contributed by atoms with Gasteiger partial charge in [-0.2, -0.15) is 0 Å². The molecule has 1 unspecified atom stereocenters. The van der Waals surface area contributed by atoms with Crippen LogP contribution in [-0.4, -0.2) is 24.8 Å². The van der Waals surface area contributed by atoms with Gasteiger partial charge in [-0.1, -0.05) is 0 Å². The Morgan fingerprint density at radius 1 is 1.67 bits per heavy atom. The molecule has 1 saturated heterocycles. The first-order valence-electron chi connectivity index (χ1n) is 2.85. The van der Waals surface area contributed by atoms with E-state index >= 15 is 0 Å². The van der Waals surface area contributed by atoms with Gasteiger partial charge in [0.25, 0.3) is 0 Å². The maximum Gasteiger partial charge on any atom is 0.186 e. The van der Waals surface area contributed by atoms with Crippen LogP contribution in [0, 0.1) is 0 Å². The molecule has 0 N–H and O–H groups in total. The molecule has 0 aliphatic carbocycles. The Morgan fingerprint density at radius 3 is 3.33 bits per heavy atom. The molecule has 0 spiro atoms. The first-order chi connectivity index (χ1) is 4.36. The summed E-state index contributed by atoms with van der Waals surface area (Å²) in [5.41, 5.74) is 0. The molecule has 0 radical (unpaired) electrons. The molecule has 2 atom stereocenters. The largest absolute Gasteiger partial charge is 0.346 e. The number of hydrogen-bond acceptors (Lipinski definition) is 3. The molecule has 1 fully saturated rings. The number of carbonyl (C=O) groups excluding carboxylic acids is 1. The Kier molecular flexibility index (Phi) is 0.944. The van der Waals surface area contributed by atoms with Crippen LogP contribution in [0.15, 0.2) is 12.2 Å². The van der Waals surface area contributed by atoms with Crippen molar-refractivity contribution >= 4 is 5.78 Å². The van der Waals surface area contributed by atoms with Gasteiger partial charge in [0, 0.05) is 0 Å². The highest BCUT2D eigenvalue weighted by Crippen LogP contribution is 2.17. The third-order valence-corrected chi connectivity index (χ3v) is 1.45. The van der Waals surface area contributed by atoms with Crippen molar-refractivity contribution in [3.05, 3.63) is 12.2 Å². The van der Waals surface area contributed by atoms with Crippen LogP contribution in [0.25, 0.3) is 0 Å². The van der Waals surface area contributed by atoms with E-state index in [4.69, 9.17) is 9.47 Å². The normalized spacial score (nSPS) is 39.8. The summed E-state index contributed by atoms with van der Waals surface area (Å²) >= 11 is 0. The second kappa shape index (κ2) is 1.65. The summed E-state index contributed by atoms with van der Waals surface area (Å²) in [7, 11) is 0. The second-order valence-electron chi connectivity index (χ2n) is 2.09. The van der Waals surface area contributed by atoms with Crippen LogP contribution in [-0.2, 0) is 14.3 Å². The van der Waals surface area contributed by atoms with Crippen LogP contribution >= 0.6 is 0 Å². The molecule has 3 heteroatoms. The predicted molar refractivity (Wildman–Crippen MR) is 28.8 cm³/mol. The van der Waals surface area contributed by atoms with Gasteiger partial charge in [-0.3, -0.25) is 4.79 Å². The fourth-order valence-corrected chi connectivity index (χ4v) is 0.954. The number of ether oxygens (including phenoxy) is 2. The molecule has 48 valence electrons. The molecule has 0 aromatic heterocycles. The number of carbonyl (C=O) groups is 1. The molecular weight excluding hydrogens is 120 g/mol. The molecule has 0 saturated carbocycles. The van der Waals surface area contributed by atoms with Crippen molar-refractivity contribution in [3.63, 3.8) is 0 Å². The van der Waals surface area contributed by atoms with Gasteiger partial charge < -0.3 is 9.47 Å². The topological polar surface area (TPSA) is 35.5 Å². The third-order valence-electron chi connectivity index (χ3n) is 1.45. The van der Waals surface area contributed by atoms with Gasteiger partial charge in [0.15, 0.2) is 12.1 Å². The minimum absolute atomic E-state index is 0.0174. The van der Waals surface area contributed by atoms with Gasteiger partial charge in [0.1, 0.15) is 6.10 Å². The first-order valence-corrected chi connectivity index (χ1v) is 2.85. The Bertz CT molecular complexity index is 173. The maximum atomic E-state index is 10.8. The van der Waals surface area contributed by atoms with E-state index in [0.717, 1.165) is 0 Å². The fraction of sp³-hybridized carbons (Fsp3) is 0.500. The van der Waals surface area contributed by atoms with Gasteiger partial charge in [-0.25, -0.2) is 0 Å². The standard InChI is InChI=1S/C6H6O3/c7-4-1-2-6-8-3-5(4)9-6/h1-2,5-6H,3H2/t5-,6?/m1/s1. The lowest BCUT2D eigenvalue weighted by molar-refractivity contribution is -0.126. The smallest absolute Gasteiger partial charge is 0.186 e. The van der Waals surface area contributed by atoms with Gasteiger partial charge in [0.05, 0.1) is 6.61 Å². The van der Waals surface area contributed by atoms with Crippen molar-refractivity contribution in [3.8, 4) is 0 Å². The van der Waals surface area contributed by atoms with Gasteiger partial charge in [0.2, 0.25) is 0 Å². The number of fused-ring (bicyclic) bond motifs is 2. The molecule has 0 aromatic carbocycles. The quantitative estimate of drug-likeness (QED) is 0.453. The molecule has 2 bridgehead atoms. The van der Waals surface area contributed by atoms with Crippen molar-refractivity contribution in [1.82, 2.24) is 0 Å². The maximum absolute atomic E-state index is 10.8. The summed E-state index contributed by atoms with van der Waals surface area (Å²) in [6.45, 7) is 0.413. The number of rotatable bonds is 0. The van der Waals surface area contributed by atoms with E-state index in [1.807, 2.05) is 0 Å². The molecule has 9 heavy (non-hydrogen) atoms. The van der Waals surface area contributed by atoms with E-state index in [9.17, 15) is 4.79 Å². The van der Waals surface area contributed by atoms with Crippen LogP contribution < -0.4 is 0 Å². The van der Waals surface area contributed by atoms with E-state index in [1.165, 1.54) is 6.08 Å². The van der Waals surface area contributed by atoms with Crippen LogP contribution in [0.3, 0.4) is 0 Å². The monoisotopic (exact) mass is 126 g/mol. The SMILES string of the molecule is O=C1C=CC2OC[C@H]1O2. The van der Waals surface area contributed by atoms with E-state index in [-0.39, 0.29) is 18.2 Å². The van der Waals surface area contributed by atoms with Crippen LogP contribution in [0.2, 0.25) is 0 Å². The third kappa shape index (κ3) is 0.693. The first kappa shape index (κ1) is 5.14. The molecule has 0 aromatic rings. The molecule has 3 nitrogen and oxygen atoms in total. The van der Waals surface area contributed by atoms with E-state index in [1.54, 1.807) is 6.08 Å². The van der Waals surface area contributed by atoms with Gasteiger partial charge in [-0.05, 0) is 12.2 Å². The fourth-order valence-electron chi connectivity index (χ4n) is 0.954. The van der Waals surface area contributed by atoms with Gasteiger partial charge in [-0.15, -0.1) is 0 Å². The van der Waals surface area contributed by atoms with Gasteiger partial charge >= 0.3 is 0 Å². The summed E-state index contributed by atoms with van der Waals surface area (Å²) in [4.78, 5) is 10.8. The van der Waals surface area contributed by atoms with E-state index < -0.39 is 0 Å². The molecule has 2 heterocycles. The van der Waals surface area contributed by atoms with Crippen molar-refractivity contribution in [2.45, 2.75) is 12.4 Å². The lowest BCUT2D eigenvalue weighted by Gasteiger charge is -2.08. The zero-order valence-corrected chi connectivity index (χ0v) is 4.74. The number of ketones is 1. The highest BCUT2D eigenvalue weighted by Gasteiger charge is 2.32. The van der Waals surface area contributed by atoms with Crippen LogP contribution in [0.4, 0.5) is 0 Å². The lowest BCUT2D eigenvalue weighted by Crippen LogP contribution is -2.24. The summed E-state index contributed by atoms with van der Waals surface area (Å²) in [6, 6.07) is 0.